The summed E-state index contributed by atoms with van der Waals surface area (Å²) in [5, 5.41) is 0. The maximum absolute atomic E-state index is 11.2. The van der Waals surface area contributed by atoms with E-state index in [4.69, 9.17) is 5.73 Å². The SMILES string of the molecule is Cn1ccc(=O)n(CCN)c1=O. The lowest BCUT2D eigenvalue weighted by Gasteiger charge is -2.03. The Balaban J connectivity index is 3.34. The molecule has 12 heavy (non-hydrogen) atoms. The molecule has 0 bridgehead atoms. The van der Waals surface area contributed by atoms with Gasteiger partial charge in [-0.1, -0.05) is 0 Å². The Bertz CT molecular complexity index is 377. The number of aromatic nitrogens is 2. The highest BCUT2D eigenvalue weighted by Crippen LogP contribution is 1.71. The summed E-state index contributed by atoms with van der Waals surface area (Å²) in [6.07, 6.45) is 1.44. The maximum Gasteiger partial charge on any atom is 0.330 e. The van der Waals surface area contributed by atoms with Crippen molar-refractivity contribution in [2.75, 3.05) is 6.54 Å². The predicted molar refractivity (Wildman–Crippen MR) is 45.0 cm³/mol. The van der Waals surface area contributed by atoms with Gasteiger partial charge in [0.15, 0.2) is 0 Å². The van der Waals surface area contributed by atoms with Crippen LogP contribution in [0.2, 0.25) is 0 Å². The molecule has 0 spiro atoms. The molecule has 1 heterocycles. The summed E-state index contributed by atoms with van der Waals surface area (Å²) in [6, 6.07) is 1.34. The third-order valence-corrected chi connectivity index (χ3v) is 1.59. The van der Waals surface area contributed by atoms with E-state index in [1.165, 1.54) is 16.8 Å². The van der Waals surface area contributed by atoms with Crippen LogP contribution in [0.1, 0.15) is 0 Å². The zero-order valence-corrected chi connectivity index (χ0v) is 6.86. The summed E-state index contributed by atoms with van der Waals surface area (Å²) in [5.74, 6) is 0. The molecule has 66 valence electrons. The van der Waals surface area contributed by atoms with Crippen LogP contribution in [-0.4, -0.2) is 15.7 Å². The van der Waals surface area contributed by atoms with Crippen molar-refractivity contribution < 1.29 is 0 Å². The van der Waals surface area contributed by atoms with Crippen molar-refractivity contribution in [1.82, 2.24) is 9.13 Å². The fourth-order valence-electron chi connectivity index (χ4n) is 0.949. The summed E-state index contributed by atoms with van der Waals surface area (Å²) in [7, 11) is 1.59. The number of hydrogen-bond donors (Lipinski definition) is 1. The van der Waals surface area contributed by atoms with Crippen molar-refractivity contribution in [3.63, 3.8) is 0 Å². The minimum absolute atomic E-state index is 0.270. The van der Waals surface area contributed by atoms with Gasteiger partial charge in [0.25, 0.3) is 5.56 Å². The average Bonchev–Trinajstić information content (AvgIpc) is 2.06. The average molecular weight is 169 g/mol. The van der Waals surface area contributed by atoms with Crippen LogP contribution >= 0.6 is 0 Å². The second-order valence-corrected chi connectivity index (χ2v) is 2.49. The highest BCUT2D eigenvalue weighted by molar-refractivity contribution is 4.85. The molecule has 0 atom stereocenters. The molecule has 5 nitrogen and oxygen atoms in total. The van der Waals surface area contributed by atoms with Gasteiger partial charge in [-0.2, -0.15) is 0 Å². The van der Waals surface area contributed by atoms with Crippen LogP contribution in [-0.2, 0) is 13.6 Å². The van der Waals surface area contributed by atoms with Crippen molar-refractivity contribution >= 4 is 0 Å². The number of nitrogens with zero attached hydrogens (tertiary/aromatic N) is 2. The Kier molecular flexibility index (Phi) is 2.44. The Morgan fingerprint density at radius 1 is 1.50 bits per heavy atom. The molecule has 0 aliphatic carbocycles. The van der Waals surface area contributed by atoms with Gasteiger partial charge >= 0.3 is 5.69 Å². The van der Waals surface area contributed by atoms with Crippen LogP contribution < -0.4 is 17.0 Å². The van der Waals surface area contributed by atoms with Gasteiger partial charge in [-0.05, 0) is 0 Å². The highest BCUT2D eigenvalue weighted by atomic mass is 16.2. The lowest BCUT2D eigenvalue weighted by Crippen LogP contribution is -2.39. The molecule has 5 heteroatoms. The Hall–Kier alpha value is -1.36. The van der Waals surface area contributed by atoms with Gasteiger partial charge in [-0.15, -0.1) is 0 Å². The largest absolute Gasteiger partial charge is 0.330 e. The smallest absolute Gasteiger partial charge is 0.329 e. The van der Waals surface area contributed by atoms with Gasteiger partial charge in [0.1, 0.15) is 0 Å². The van der Waals surface area contributed by atoms with Crippen LogP contribution in [0.5, 0.6) is 0 Å². The van der Waals surface area contributed by atoms with Gasteiger partial charge in [-0.25, -0.2) is 4.79 Å². The van der Waals surface area contributed by atoms with E-state index in [0.717, 1.165) is 4.57 Å². The second-order valence-electron chi connectivity index (χ2n) is 2.49. The van der Waals surface area contributed by atoms with Crippen molar-refractivity contribution in [2.45, 2.75) is 6.54 Å². The summed E-state index contributed by atoms with van der Waals surface area (Å²) in [6.45, 7) is 0.561. The molecule has 1 aromatic rings. The molecule has 0 aliphatic heterocycles. The molecule has 0 amide bonds. The van der Waals surface area contributed by atoms with Crippen LogP contribution in [0.15, 0.2) is 21.9 Å². The summed E-state index contributed by atoms with van der Waals surface area (Å²) < 4.78 is 2.46. The summed E-state index contributed by atoms with van der Waals surface area (Å²) >= 11 is 0. The zero-order valence-electron chi connectivity index (χ0n) is 6.86. The molecule has 0 aliphatic rings. The molecule has 0 unspecified atom stereocenters. The second kappa shape index (κ2) is 3.36. The summed E-state index contributed by atoms with van der Waals surface area (Å²) in [5.41, 5.74) is 4.61. The standard InChI is InChI=1S/C7H11N3O2/c1-9-4-2-6(11)10(5-3-8)7(9)12/h2,4H,3,5,8H2,1H3. The Morgan fingerprint density at radius 3 is 2.75 bits per heavy atom. The topological polar surface area (TPSA) is 70.0 Å². The number of aryl methyl sites for hydroxylation is 1. The first-order chi connectivity index (χ1) is 5.66. The normalized spacial score (nSPS) is 10.2. The van der Waals surface area contributed by atoms with E-state index < -0.39 is 0 Å². The first kappa shape index (κ1) is 8.73. The minimum Gasteiger partial charge on any atom is -0.329 e. The molecule has 0 radical (unpaired) electrons. The third-order valence-electron chi connectivity index (χ3n) is 1.59. The van der Waals surface area contributed by atoms with Crippen molar-refractivity contribution in [3.8, 4) is 0 Å². The van der Waals surface area contributed by atoms with Crippen molar-refractivity contribution in [3.05, 3.63) is 33.1 Å². The zero-order chi connectivity index (χ0) is 9.14. The third kappa shape index (κ3) is 1.45. The highest BCUT2D eigenvalue weighted by Gasteiger charge is 1.99. The van der Waals surface area contributed by atoms with Gasteiger partial charge < -0.3 is 10.3 Å². The molecule has 1 aromatic heterocycles. The molecular formula is C7H11N3O2. The fourth-order valence-corrected chi connectivity index (χ4v) is 0.949. The minimum atomic E-state index is -0.326. The lowest BCUT2D eigenvalue weighted by atomic mass is 10.5. The number of hydrogen-bond acceptors (Lipinski definition) is 3. The van der Waals surface area contributed by atoms with Crippen molar-refractivity contribution in [1.29, 1.82) is 0 Å². The van der Waals surface area contributed by atoms with Crippen molar-refractivity contribution in [2.24, 2.45) is 12.8 Å². The molecule has 0 fully saturated rings. The van der Waals surface area contributed by atoms with Gasteiger partial charge in [-0.3, -0.25) is 9.36 Å². The van der Waals surface area contributed by atoms with E-state index >= 15 is 0 Å². The van der Waals surface area contributed by atoms with Crippen LogP contribution in [0.4, 0.5) is 0 Å². The Morgan fingerprint density at radius 2 is 2.17 bits per heavy atom. The molecule has 0 saturated carbocycles. The molecule has 0 aromatic carbocycles. The van der Waals surface area contributed by atoms with Crippen LogP contribution in [0.3, 0.4) is 0 Å². The van der Waals surface area contributed by atoms with E-state index in [0.29, 0.717) is 6.54 Å². The number of rotatable bonds is 2. The summed E-state index contributed by atoms with van der Waals surface area (Å²) in [4.78, 5) is 22.3. The Labute approximate surface area is 69.0 Å². The van der Waals surface area contributed by atoms with E-state index in [1.807, 2.05) is 0 Å². The van der Waals surface area contributed by atoms with E-state index in [-0.39, 0.29) is 17.8 Å². The molecule has 1 rings (SSSR count). The molecule has 0 saturated heterocycles. The molecular weight excluding hydrogens is 158 g/mol. The first-order valence-electron chi connectivity index (χ1n) is 3.63. The maximum atomic E-state index is 11.2. The predicted octanol–water partition coefficient (Wildman–Crippen LogP) is -1.49. The van der Waals surface area contributed by atoms with Gasteiger partial charge in [0.2, 0.25) is 0 Å². The van der Waals surface area contributed by atoms with Gasteiger partial charge in [0.05, 0.1) is 0 Å². The molecule has 2 N–H and O–H groups in total. The van der Waals surface area contributed by atoms with E-state index in [9.17, 15) is 9.59 Å². The van der Waals surface area contributed by atoms with E-state index in [1.54, 1.807) is 7.05 Å². The lowest BCUT2D eigenvalue weighted by molar-refractivity contribution is 0.598. The quantitative estimate of drug-likeness (QED) is 0.586. The monoisotopic (exact) mass is 169 g/mol. The first-order valence-corrected chi connectivity index (χ1v) is 3.63. The van der Waals surface area contributed by atoms with E-state index in [2.05, 4.69) is 0 Å². The van der Waals surface area contributed by atoms with Crippen LogP contribution in [0.25, 0.3) is 0 Å². The van der Waals surface area contributed by atoms with Gasteiger partial charge in [0, 0.05) is 32.4 Å². The number of nitrogens with two attached hydrogens (primary N) is 1. The van der Waals surface area contributed by atoms with Crippen LogP contribution in [0, 0.1) is 0 Å². The fraction of sp³-hybridized carbons (Fsp3) is 0.429.